The van der Waals surface area contributed by atoms with E-state index in [0.717, 1.165) is 25.0 Å². The van der Waals surface area contributed by atoms with Gasteiger partial charge in [0, 0.05) is 51.2 Å². The summed E-state index contributed by atoms with van der Waals surface area (Å²) in [5.41, 5.74) is 1.72. The number of likely N-dealkylation sites (tertiary alicyclic amines) is 1. The van der Waals surface area contributed by atoms with E-state index in [0.29, 0.717) is 45.1 Å². The second-order valence-corrected chi connectivity index (χ2v) is 7.60. The van der Waals surface area contributed by atoms with Crippen LogP contribution in [0.4, 0.5) is 13.6 Å². The molecule has 10 heteroatoms. The average molecular weight is 423 g/mol. The Morgan fingerprint density at radius 3 is 2.80 bits per heavy atom. The molecule has 1 atom stereocenters. The summed E-state index contributed by atoms with van der Waals surface area (Å²) in [5.74, 6) is -1.93. The van der Waals surface area contributed by atoms with Crippen LogP contribution in [-0.4, -0.2) is 54.8 Å². The Morgan fingerprint density at radius 1 is 1.30 bits per heavy atom. The third kappa shape index (κ3) is 4.54. The number of carbonyl (C=O) groups is 2. The Labute approximate surface area is 172 Å². The standard InChI is InChI=1S/C20H23F2N3O5/c21-13-3-4-15(16(22)10-13)18(26)25-7-5-20(6-8-25)11-17(24-30-20)29-19(27)23-12-14-2-1-9-28-14/h3-4,10-11,14,24H,1-2,5-9,12H2,(H,23,27). The molecule has 1 spiro atoms. The number of alkyl carbamates (subject to hydrolysis) is 1. The van der Waals surface area contributed by atoms with Gasteiger partial charge in [0.05, 0.1) is 11.7 Å². The highest BCUT2D eigenvalue weighted by Crippen LogP contribution is 2.32. The van der Waals surface area contributed by atoms with E-state index in [-0.39, 0.29) is 17.6 Å². The van der Waals surface area contributed by atoms with Crippen LogP contribution in [-0.2, 0) is 14.3 Å². The molecule has 1 unspecified atom stereocenters. The van der Waals surface area contributed by atoms with E-state index in [9.17, 15) is 18.4 Å². The van der Waals surface area contributed by atoms with E-state index < -0.39 is 29.2 Å². The van der Waals surface area contributed by atoms with Gasteiger partial charge in [-0.3, -0.25) is 9.63 Å². The number of piperidine rings is 1. The van der Waals surface area contributed by atoms with Crippen LogP contribution < -0.4 is 10.8 Å². The van der Waals surface area contributed by atoms with Crippen molar-refractivity contribution in [2.24, 2.45) is 0 Å². The number of rotatable bonds is 4. The number of nitrogens with zero attached hydrogens (tertiary/aromatic N) is 1. The second kappa shape index (κ2) is 8.57. The largest absolute Gasteiger partial charge is 0.414 e. The van der Waals surface area contributed by atoms with E-state index in [1.165, 1.54) is 4.90 Å². The average Bonchev–Trinajstić information content (AvgIpc) is 3.37. The fraction of sp³-hybridized carbons (Fsp3) is 0.500. The van der Waals surface area contributed by atoms with Crippen molar-refractivity contribution in [2.75, 3.05) is 26.2 Å². The van der Waals surface area contributed by atoms with Crippen molar-refractivity contribution in [3.8, 4) is 0 Å². The van der Waals surface area contributed by atoms with Gasteiger partial charge in [-0.1, -0.05) is 0 Å². The highest BCUT2D eigenvalue weighted by molar-refractivity contribution is 5.94. The predicted octanol–water partition coefficient (Wildman–Crippen LogP) is 2.22. The van der Waals surface area contributed by atoms with Gasteiger partial charge in [-0.05, 0) is 25.0 Å². The SMILES string of the molecule is O=C(NCC1CCCO1)OC1=CC2(CCN(C(=O)c3ccc(F)cc3F)CC2)ON1. The Bertz CT molecular complexity index is 849. The van der Waals surface area contributed by atoms with Crippen molar-refractivity contribution in [1.82, 2.24) is 15.7 Å². The number of hydrogen-bond donors (Lipinski definition) is 2. The van der Waals surface area contributed by atoms with Crippen LogP contribution >= 0.6 is 0 Å². The summed E-state index contributed by atoms with van der Waals surface area (Å²) >= 11 is 0. The zero-order chi connectivity index (χ0) is 21.1. The molecule has 3 aliphatic rings. The van der Waals surface area contributed by atoms with Gasteiger partial charge < -0.3 is 19.7 Å². The number of hydrogen-bond acceptors (Lipinski definition) is 6. The Kier molecular flexibility index (Phi) is 5.87. The van der Waals surface area contributed by atoms with Crippen molar-refractivity contribution in [3.63, 3.8) is 0 Å². The maximum atomic E-state index is 13.9. The van der Waals surface area contributed by atoms with Crippen LogP contribution in [0.5, 0.6) is 0 Å². The zero-order valence-corrected chi connectivity index (χ0v) is 16.3. The third-order valence-electron chi connectivity index (χ3n) is 5.51. The second-order valence-electron chi connectivity index (χ2n) is 7.60. The van der Waals surface area contributed by atoms with E-state index in [1.54, 1.807) is 6.08 Å². The first-order chi connectivity index (χ1) is 14.4. The first kappa shape index (κ1) is 20.5. The highest BCUT2D eigenvalue weighted by atomic mass is 19.1. The summed E-state index contributed by atoms with van der Waals surface area (Å²) in [7, 11) is 0. The van der Waals surface area contributed by atoms with E-state index >= 15 is 0 Å². The van der Waals surface area contributed by atoms with Crippen LogP contribution in [0.2, 0.25) is 0 Å². The first-order valence-electron chi connectivity index (χ1n) is 9.93. The minimum Gasteiger partial charge on any atom is -0.392 e. The third-order valence-corrected chi connectivity index (χ3v) is 5.51. The molecule has 3 aliphatic heterocycles. The number of halogens is 2. The summed E-state index contributed by atoms with van der Waals surface area (Å²) in [5, 5.41) is 2.65. The summed E-state index contributed by atoms with van der Waals surface area (Å²) in [6.45, 7) is 1.71. The van der Waals surface area contributed by atoms with Gasteiger partial charge in [0.1, 0.15) is 17.2 Å². The maximum Gasteiger partial charge on any atom is 0.414 e. The van der Waals surface area contributed by atoms with Crippen molar-refractivity contribution in [3.05, 3.63) is 47.4 Å². The Balaban J connectivity index is 1.29. The van der Waals surface area contributed by atoms with Gasteiger partial charge in [-0.25, -0.2) is 19.1 Å². The Morgan fingerprint density at radius 2 is 2.10 bits per heavy atom. The summed E-state index contributed by atoms with van der Waals surface area (Å²) in [4.78, 5) is 31.6. The lowest BCUT2D eigenvalue weighted by atomic mass is 9.91. The molecular weight excluding hydrogens is 400 g/mol. The molecule has 30 heavy (non-hydrogen) atoms. The molecule has 0 aromatic heterocycles. The summed E-state index contributed by atoms with van der Waals surface area (Å²) < 4.78 is 37.6. The van der Waals surface area contributed by atoms with Crippen molar-refractivity contribution >= 4 is 12.0 Å². The number of amides is 2. The maximum absolute atomic E-state index is 13.9. The van der Waals surface area contributed by atoms with Crippen LogP contribution in [0.25, 0.3) is 0 Å². The molecule has 0 saturated carbocycles. The summed E-state index contributed by atoms with van der Waals surface area (Å²) in [6, 6.07) is 2.90. The van der Waals surface area contributed by atoms with Gasteiger partial charge in [0.15, 0.2) is 0 Å². The zero-order valence-electron chi connectivity index (χ0n) is 16.3. The molecule has 0 aliphatic carbocycles. The van der Waals surface area contributed by atoms with Gasteiger partial charge >= 0.3 is 6.09 Å². The van der Waals surface area contributed by atoms with Crippen LogP contribution in [0.15, 0.2) is 30.2 Å². The molecule has 162 valence electrons. The number of ether oxygens (including phenoxy) is 2. The number of carbonyl (C=O) groups excluding carboxylic acids is 2. The molecule has 0 bridgehead atoms. The normalized spacial score (nSPS) is 22.5. The van der Waals surface area contributed by atoms with Crippen molar-refractivity contribution < 1.29 is 32.7 Å². The molecule has 4 rings (SSSR count). The predicted molar refractivity (Wildman–Crippen MR) is 100.0 cm³/mol. The molecular formula is C20H23F2N3O5. The molecule has 2 saturated heterocycles. The molecule has 2 N–H and O–H groups in total. The molecule has 0 radical (unpaired) electrons. The molecule has 1 aromatic carbocycles. The highest BCUT2D eigenvalue weighted by Gasteiger charge is 2.41. The minimum atomic E-state index is -0.885. The topological polar surface area (TPSA) is 89.1 Å². The minimum absolute atomic E-state index is 0.0125. The number of nitrogens with one attached hydrogen (secondary N) is 2. The lowest BCUT2D eigenvalue weighted by Crippen LogP contribution is -2.46. The lowest BCUT2D eigenvalue weighted by Gasteiger charge is -2.36. The van der Waals surface area contributed by atoms with Gasteiger partial charge in [-0.15, -0.1) is 0 Å². The monoisotopic (exact) mass is 423 g/mol. The molecule has 2 amide bonds. The molecule has 2 fully saturated rings. The fourth-order valence-electron chi connectivity index (χ4n) is 3.81. The molecule has 8 nitrogen and oxygen atoms in total. The lowest BCUT2D eigenvalue weighted by molar-refractivity contribution is -0.0770. The number of hydroxylamine groups is 1. The van der Waals surface area contributed by atoms with Gasteiger partial charge in [0.25, 0.3) is 5.91 Å². The van der Waals surface area contributed by atoms with Crippen molar-refractivity contribution in [1.29, 1.82) is 0 Å². The smallest absolute Gasteiger partial charge is 0.392 e. The Hall–Kier alpha value is -2.72. The quantitative estimate of drug-likeness (QED) is 0.772. The molecule has 3 heterocycles. The fourth-order valence-corrected chi connectivity index (χ4v) is 3.81. The van der Waals surface area contributed by atoms with E-state index in [1.807, 2.05) is 0 Å². The molecule has 1 aromatic rings. The van der Waals surface area contributed by atoms with Crippen LogP contribution in [0, 0.1) is 11.6 Å². The van der Waals surface area contributed by atoms with E-state index in [4.69, 9.17) is 14.3 Å². The van der Waals surface area contributed by atoms with Gasteiger partial charge in [-0.2, -0.15) is 0 Å². The van der Waals surface area contributed by atoms with E-state index in [2.05, 4.69) is 10.8 Å². The van der Waals surface area contributed by atoms with Crippen molar-refractivity contribution in [2.45, 2.75) is 37.4 Å². The first-order valence-corrected chi connectivity index (χ1v) is 9.93. The number of benzene rings is 1. The van der Waals surface area contributed by atoms with Gasteiger partial charge in [0.2, 0.25) is 5.88 Å². The van der Waals surface area contributed by atoms with Crippen LogP contribution in [0.3, 0.4) is 0 Å². The summed E-state index contributed by atoms with van der Waals surface area (Å²) in [6.07, 6.45) is 3.84. The van der Waals surface area contributed by atoms with Crippen LogP contribution in [0.1, 0.15) is 36.0 Å².